The molecule has 2 aliphatic rings. The molecule has 4 atom stereocenters. The molecule has 0 heterocycles. The van der Waals surface area contributed by atoms with Gasteiger partial charge in [0, 0.05) is 0 Å². The monoisotopic (exact) mass is 414 g/mol. The molecule has 0 amide bonds. The minimum absolute atomic E-state index is 0.425. The fourth-order valence-electron chi connectivity index (χ4n) is 5.49. The maximum Gasteiger partial charge on any atom is 0.387 e. The number of alkyl halides is 2. The molecule has 0 radical (unpaired) electrons. The molecule has 0 aliphatic heterocycles. The lowest BCUT2D eigenvalue weighted by Gasteiger charge is -2.41. The summed E-state index contributed by atoms with van der Waals surface area (Å²) in [6, 6.07) is 12.4. The predicted octanol–water partition coefficient (Wildman–Crippen LogP) is 7.97. The summed E-state index contributed by atoms with van der Waals surface area (Å²) in [5, 5.41) is 0. The van der Waals surface area contributed by atoms with Crippen LogP contribution in [0.15, 0.2) is 54.6 Å². The van der Waals surface area contributed by atoms with E-state index in [0.717, 1.165) is 23.3 Å². The number of hydrogen-bond acceptors (Lipinski definition) is 1. The van der Waals surface area contributed by atoms with Gasteiger partial charge in [-0.15, -0.1) is 0 Å². The van der Waals surface area contributed by atoms with Crippen molar-refractivity contribution in [3.8, 4) is 16.9 Å². The van der Waals surface area contributed by atoms with Gasteiger partial charge in [-0.05, 0) is 97.9 Å². The van der Waals surface area contributed by atoms with Crippen LogP contribution in [0.25, 0.3) is 11.1 Å². The van der Waals surface area contributed by atoms with Crippen molar-refractivity contribution in [1.29, 1.82) is 0 Å². The molecule has 0 N–H and O–H groups in total. The van der Waals surface area contributed by atoms with Gasteiger partial charge in [0.15, 0.2) is 11.6 Å². The first kappa shape index (κ1) is 21.0. The molecule has 0 bridgehead atoms. The van der Waals surface area contributed by atoms with Crippen LogP contribution in [0, 0.1) is 23.6 Å². The Morgan fingerprint density at radius 2 is 1.60 bits per heavy atom. The van der Waals surface area contributed by atoms with Gasteiger partial charge in [-0.2, -0.15) is 8.78 Å². The SMILES string of the molecule is C/C=C/C1CCC2CC(c3ccc(-c4ccc(OC(F)F)c(F)c4)cc3)CCC2C1. The van der Waals surface area contributed by atoms with Gasteiger partial charge in [-0.1, -0.05) is 42.5 Å². The number of rotatable bonds is 5. The summed E-state index contributed by atoms with van der Waals surface area (Å²) >= 11 is 0. The third-order valence-corrected chi connectivity index (χ3v) is 6.98. The number of benzene rings is 2. The van der Waals surface area contributed by atoms with E-state index in [9.17, 15) is 13.2 Å². The van der Waals surface area contributed by atoms with Crippen LogP contribution in [0.3, 0.4) is 0 Å². The number of fused-ring (bicyclic) bond motifs is 1. The highest BCUT2D eigenvalue weighted by atomic mass is 19.3. The smallest absolute Gasteiger partial charge is 0.387 e. The summed E-state index contributed by atoms with van der Waals surface area (Å²) in [6.45, 7) is -0.912. The van der Waals surface area contributed by atoms with Crippen LogP contribution in [-0.2, 0) is 0 Å². The minimum Gasteiger partial charge on any atom is -0.432 e. The molecule has 2 saturated carbocycles. The Balaban J connectivity index is 1.41. The van der Waals surface area contributed by atoms with E-state index < -0.39 is 18.2 Å². The number of ether oxygens (including phenoxy) is 1. The zero-order valence-electron chi connectivity index (χ0n) is 17.4. The second kappa shape index (κ2) is 9.28. The summed E-state index contributed by atoms with van der Waals surface area (Å²) < 4.78 is 42.8. The van der Waals surface area contributed by atoms with Gasteiger partial charge in [0.2, 0.25) is 0 Å². The summed E-state index contributed by atoms with van der Waals surface area (Å²) in [5.74, 6) is 1.87. The highest BCUT2D eigenvalue weighted by molar-refractivity contribution is 5.64. The number of hydrogen-bond donors (Lipinski definition) is 0. The van der Waals surface area contributed by atoms with Crippen molar-refractivity contribution in [2.45, 2.75) is 58.0 Å². The summed E-state index contributed by atoms with van der Waals surface area (Å²) in [6.07, 6.45) is 12.4. The Kier molecular flexibility index (Phi) is 6.50. The first-order valence-corrected chi connectivity index (χ1v) is 11.0. The van der Waals surface area contributed by atoms with E-state index in [1.807, 2.05) is 12.1 Å². The van der Waals surface area contributed by atoms with Crippen molar-refractivity contribution in [2.75, 3.05) is 0 Å². The Hall–Kier alpha value is -2.23. The van der Waals surface area contributed by atoms with E-state index in [1.165, 1.54) is 56.2 Å². The summed E-state index contributed by atoms with van der Waals surface area (Å²) in [7, 11) is 0. The highest BCUT2D eigenvalue weighted by Crippen LogP contribution is 2.48. The van der Waals surface area contributed by atoms with Crippen molar-refractivity contribution in [2.24, 2.45) is 17.8 Å². The number of allylic oxidation sites excluding steroid dienone is 2. The third-order valence-electron chi connectivity index (χ3n) is 6.98. The highest BCUT2D eigenvalue weighted by Gasteiger charge is 2.35. The molecule has 0 saturated heterocycles. The van der Waals surface area contributed by atoms with Gasteiger partial charge in [-0.3, -0.25) is 0 Å². The molecule has 4 rings (SSSR count). The summed E-state index contributed by atoms with van der Waals surface area (Å²) in [4.78, 5) is 0. The fourth-order valence-corrected chi connectivity index (χ4v) is 5.49. The second-order valence-corrected chi connectivity index (χ2v) is 8.77. The average Bonchev–Trinajstić information content (AvgIpc) is 2.75. The van der Waals surface area contributed by atoms with E-state index in [1.54, 1.807) is 6.07 Å². The summed E-state index contributed by atoms with van der Waals surface area (Å²) in [5.41, 5.74) is 2.89. The average molecular weight is 415 g/mol. The molecule has 0 spiro atoms. The molecular weight excluding hydrogens is 385 g/mol. The second-order valence-electron chi connectivity index (χ2n) is 8.77. The molecule has 30 heavy (non-hydrogen) atoms. The van der Waals surface area contributed by atoms with Crippen LogP contribution in [0.5, 0.6) is 5.75 Å². The van der Waals surface area contributed by atoms with E-state index in [4.69, 9.17) is 0 Å². The van der Waals surface area contributed by atoms with Gasteiger partial charge >= 0.3 is 6.61 Å². The lowest BCUT2D eigenvalue weighted by atomic mass is 9.64. The third kappa shape index (κ3) is 4.74. The molecule has 2 aromatic rings. The largest absolute Gasteiger partial charge is 0.432 e. The molecular formula is C26H29F3O. The molecule has 4 unspecified atom stereocenters. The van der Waals surface area contributed by atoms with Gasteiger partial charge in [0.1, 0.15) is 0 Å². The lowest BCUT2D eigenvalue weighted by Crippen LogP contribution is -2.30. The molecule has 2 aliphatic carbocycles. The zero-order valence-corrected chi connectivity index (χ0v) is 17.4. The van der Waals surface area contributed by atoms with Crippen LogP contribution in [0.4, 0.5) is 13.2 Å². The topological polar surface area (TPSA) is 9.23 Å². The molecule has 1 nitrogen and oxygen atoms in total. The van der Waals surface area contributed by atoms with Crippen molar-refractivity contribution in [1.82, 2.24) is 0 Å². The van der Waals surface area contributed by atoms with E-state index in [0.29, 0.717) is 11.5 Å². The van der Waals surface area contributed by atoms with E-state index in [-0.39, 0.29) is 0 Å². The standard InChI is InChI=1S/C26H29F3O/c1-2-3-17-4-5-22-15-21(11-10-20(22)14-17)18-6-8-19(9-7-18)23-12-13-25(24(27)16-23)30-26(28)29/h2-3,6-9,12-13,16-17,20-22,26H,4-5,10-11,14-15H2,1H3/b3-2+. The van der Waals surface area contributed by atoms with Crippen LogP contribution in [0.2, 0.25) is 0 Å². The zero-order chi connectivity index (χ0) is 21.1. The number of halogens is 3. The molecule has 4 heteroatoms. The Labute approximate surface area is 177 Å². The van der Waals surface area contributed by atoms with Crippen LogP contribution >= 0.6 is 0 Å². The Morgan fingerprint density at radius 1 is 0.900 bits per heavy atom. The van der Waals surface area contributed by atoms with Gasteiger partial charge in [-0.25, -0.2) is 4.39 Å². The normalized spacial score (nSPS) is 26.7. The van der Waals surface area contributed by atoms with E-state index in [2.05, 4.69) is 35.9 Å². The molecule has 2 aromatic carbocycles. The van der Waals surface area contributed by atoms with Crippen molar-refractivity contribution < 1.29 is 17.9 Å². The van der Waals surface area contributed by atoms with Crippen molar-refractivity contribution in [3.05, 3.63) is 66.0 Å². The minimum atomic E-state index is -3.03. The first-order chi connectivity index (χ1) is 14.5. The molecule has 0 aromatic heterocycles. The van der Waals surface area contributed by atoms with Crippen LogP contribution in [-0.4, -0.2) is 6.61 Å². The van der Waals surface area contributed by atoms with Gasteiger partial charge < -0.3 is 4.74 Å². The molecule has 160 valence electrons. The lowest BCUT2D eigenvalue weighted by molar-refractivity contribution is -0.0521. The quantitative estimate of drug-likeness (QED) is 0.451. The first-order valence-electron chi connectivity index (χ1n) is 11.0. The molecule has 2 fully saturated rings. The van der Waals surface area contributed by atoms with Crippen molar-refractivity contribution >= 4 is 0 Å². The van der Waals surface area contributed by atoms with Gasteiger partial charge in [0.25, 0.3) is 0 Å². The van der Waals surface area contributed by atoms with Crippen LogP contribution < -0.4 is 4.74 Å². The van der Waals surface area contributed by atoms with Crippen molar-refractivity contribution in [3.63, 3.8) is 0 Å². The fraction of sp³-hybridized carbons (Fsp3) is 0.462. The maximum atomic E-state index is 14.0. The van der Waals surface area contributed by atoms with Crippen LogP contribution in [0.1, 0.15) is 56.9 Å². The Bertz CT molecular complexity index is 874. The Morgan fingerprint density at radius 3 is 2.30 bits per heavy atom. The predicted molar refractivity (Wildman–Crippen MR) is 114 cm³/mol. The van der Waals surface area contributed by atoms with E-state index >= 15 is 0 Å². The van der Waals surface area contributed by atoms with Gasteiger partial charge in [0.05, 0.1) is 0 Å². The maximum absolute atomic E-state index is 14.0.